The Morgan fingerprint density at radius 1 is 1.03 bits per heavy atom. The SMILES string of the molecule is C[C@H](CN(C(=O)c1ccc(C#N)cc1)c1ccccn1)N1CCN(c2cccc3c2OCCO3)CC1.Cl. The van der Waals surface area contributed by atoms with Crippen LogP contribution in [0.2, 0.25) is 0 Å². The van der Waals surface area contributed by atoms with Gasteiger partial charge in [0.05, 0.1) is 17.3 Å². The first-order valence-electron chi connectivity index (χ1n) is 12.2. The number of pyridine rings is 1. The fourth-order valence-electron chi connectivity index (χ4n) is 4.73. The Hall–Kier alpha value is -3.80. The average molecular weight is 520 g/mol. The van der Waals surface area contributed by atoms with E-state index in [1.807, 2.05) is 30.3 Å². The van der Waals surface area contributed by atoms with Gasteiger partial charge >= 0.3 is 0 Å². The molecule has 2 aliphatic rings. The lowest BCUT2D eigenvalue weighted by molar-refractivity contribution is 0.0973. The van der Waals surface area contributed by atoms with Crippen molar-refractivity contribution in [2.24, 2.45) is 0 Å². The zero-order chi connectivity index (χ0) is 24.9. The first-order valence-corrected chi connectivity index (χ1v) is 12.2. The second kappa shape index (κ2) is 12.0. The fourth-order valence-corrected chi connectivity index (χ4v) is 4.73. The van der Waals surface area contributed by atoms with Crippen LogP contribution in [0.25, 0.3) is 0 Å². The van der Waals surface area contributed by atoms with E-state index >= 15 is 0 Å². The molecule has 0 radical (unpaired) electrons. The van der Waals surface area contributed by atoms with Gasteiger partial charge in [-0.1, -0.05) is 12.1 Å². The van der Waals surface area contributed by atoms with Crippen molar-refractivity contribution in [2.75, 3.05) is 55.7 Å². The van der Waals surface area contributed by atoms with Crippen LogP contribution in [-0.4, -0.2) is 67.8 Å². The maximum atomic E-state index is 13.5. The molecule has 0 bridgehead atoms. The number of hydrogen-bond donors (Lipinski definition) is 0. The number of halogens is 1. The smallest absolute Gasteiger partial charge is 0.259 e. The van der Waals surface area contributed by atoms with E-state index < -0.39 is 0 Å². The van der Waals surface area contributed by atoms with Crippen molar-refractivity contribution in [2.45, 2.75) is 13.0 Å². The number of hydrogen-bond acceptors (Lipinski definition) is 7. The number of anilines is 2. The molecule has 2 aliphatic heterocycles. The molecule has 1 saturated heterocycles. The lowest BCUT2D eigenvalue weighted by Gasteiger charge is -2.41. The summed E-state index contributed by atoms with van der Waals surface area (Å²) in [5.74, 6) is 2.13. The number of piperazine rings is 1. The molecule has 9 heteroatoms. The van der Waals surface area contributed by atoms with Gasteiger partial charge in [-0.25, -0.2) is 4.98 Å². The van der Waals surface area contributed by atoms with Crippen molar-refractivity contribution >= 4 is 29.8 Å². The average Bonchev–Trinajstić information content (AvgIpc) is 2.95. The molecule has 1 amide bonds. The molecule has 3 heterocycles. The highest BCUT2D eigenvalue weighted by Gasteiger charge is 2.28. The largest absolute Gasteiger partial charge is 0.486 e. The number of carbonyl (C=O) groups excluding carboxylic acids is 1. The van der Waals surface area contributed by atoms with Crippen molar-refractivity contribution in [3.63, 3.8) is 0 Å². The van der Waals surface area contributed by atoms with Crippen molar-refractivity contribution in [1.82, 2.24) is 9.88 Å². The van der Waals surface area contributed by atoms with Crippen LogP contribution in [0, 0.1) is 11.3 Å². The molecule has 1 atom stereocenters. The van der Waals surface area contributed by atoms with Crippen LogP contribution in [0.4, 0.5) is 11.5 Å². The van der Waals surface area contributed by atoms with Gasteiger partial charge < -0.3 is 14.4 Å². The summed E-state index contributed by atoms with van der Waals surface area (Å²) in [6.07, 6.45) is 1.70. The second-order valence-corrected chi connectivity index (χ2v) is 8.97. The highest BCUT2D eigenvalue weighted by molar-refractivity contribution is 6.05. The van der Waals surface area contributed by atoms with Crippen LogP contribution in [-0.2, 0) is 0 Å². The molecule has 5 rings (SSSR count). The van der Waals surface area contributed by atoms with Crippen molar-refractivity contribution < 1.29 is 14.3 Å². The minimum absolute atomic E-state index is 0. The minimum atomic E-state index is -0.128. The molecule has 0 saturated carbocycles. The number of rotatable bonds is 6. The van der Waals surface area contributed by atoms with Crippen LogP contribution in [0.1, 0.15) is 22.8 Å². The molecule has 0 spiro atoms. The molecule has 8 nitrogen and oxygen atoms in total. The van der Waals surface area contributed by atoms with Crippen LogP contribution < -0.4 is 19.3 Å². The topological polar surface area (TPSA) is 81.9 Å². The van der Waals surface area contributed by atoms with Gasteiger partial charge in [-0.3, -0.25) is 14.6 Å². The van der Waals surface area contributed by atoms with E-state index in [0.717, 1.165) is 43.4 Å². The van der Waals surface area contributed by atoms with Crippen molar-refractivity contribution in [3.8, 4) is 17.6 Å². The third kappa shape index (κ3) is 5.79. The summed E-state index contributed by atoms with van der Waals surface area (Å²) in [6, 6.07) is 20.6. The number of nitrogens with zero attached hydrogens (tertiary/aromatic N) is 5. The lowest BCUT2D eigenvalue weighted by Crippen LogP contribution is -2.53. The summed E-state index contributed by atoms with van der Waals surface area (Å²) >= 11 is 0. The Morgan fingerprint density at radius 2 is 1.78 bits per heavy atom. The predicted octanol–water partition coefficient (Wildman–Crippen LogP) is 4.00. The fraction of sp³-hybridized carbons (Fsp3) is 0.321. The van der Waals surface area contributed by atoms with E-state index in [9.17, 15) is 4.79 Å². The zero-order valence-electron chi connectivity index (χ0n) is 20.7. The zero-order valence-corrected chi connectivity index (χ0v) is 21.6. The molecule has 2 aromatic carbocycles. The molecule has 37 heavy (non-hydrogen) atoms. The Labute approximate surface area is 223 Å². The Morgan fingerprint density at radius 3 is 2.49 bits per heavy atom. The molecule has 3 aromatic rings. The summed E-state index contributed by atoms with van der Waals surface area (Å²) in [7, 11) is 0. The number of amides is 1. The van der Waals surface area contributed by atoms with Gasteiger partial charge in [0.1, 0.15) is 19.0 Å². The Bertz CT molecular complexity index is 1240. The van der Waals surface area contributed by atoms with Gasteiger partial charge in [-0.05, 0) is 55.5 Å². The summed E-state index contributed by atoms with van der Waals surface area (Å²) in [4.78, 5) is 24.4. The van der Waals surface area contributed by atoms with E-state index in [1.165, 1.54) is 0 Å². The normalized spacial score (nSPS) is 15.7. The third-order valence-electron chi connectivity index (χ3n) is 6.70. The number of carbonyl (C=O) groups is 1. The number of nitriles is 1. The second-order valence-electron chi connectivity index (χ2n) is 8.97. The number of benzene rings is 2. The van der Waals surface area contributed by atoms with Gasteiger partial charge in [-0.15, -0.1) is 12.4 Å². The highest BCUT2D eigenvalue weighted by atomic mass is 35.5. The quantitative estimate of drug-likeness (QED) is 0.486. The van der Waals surface area contributed by atoms with E-state index in [4.69, 9.17) is 14.7 Å². The number of aromatic nitrogens is 1. The Balaban J connectivity index is 0.00000320. The molecular formula is C28H30ClN5O3. The number of para-hydroxylation sites is 1. The van der Waals surface area contributed by atoms with E-state index in [0.29, 0.717) is 36.7 Å². The first kappa shape index (κ1) is 26.3. The van der Waals surface area contributed by atoms with E-state index in [-0.39, 0.29) is 24.4 Å². The highest BCUT2D eigenvalue weighted by Crippen LogP contribution is 2.39. The summed E-state index contributed by atoms with van der Waals surface area (Å²) in [5, 5.41) is 9.09. The van der Waals surface area contributed by atoms with Crippen molar-refractivity contribution in [1.29, 1.82) is 5.26 Å². The maximum Gasteiger partial charge on any atom is 0.259 e. The summed E-state index contributed by atoms with van der Waals surface area (Å²) in [6.45, 7) is 7.26. The van der Waals surface area contributed by atoms with Gasteiger partial charge in [0.2, 0.25) is 0 Å². The third-order valence-corrected chi connectivity index (χ3v) is 6.70. The maximum absolute atomic E-state index is 13.5. The molecule has 0 aliphatic carbocycles. The van der Waals surface area contributed by atoms with Gasteiger partial charge in [0, 0.05) is 50.5 Å². The summed E-state index contributed by atoms with van der Waals surface area (Å²) in [5.41, 5.74) is 2.14. The van der Waals surface area contributed by atoms with Gasteiger partial charge in [-0.2, -0.15) is 5.26 Å². The Kier molecular flexibility index (Phi) is 8.49. The predicted molar refractivity (Wildman–Crippen MR) is 145 cm³/mol. The summed E-state index contributed by atoms with van der Waals surface area (Å²) < 4.78 is 11.7. The van der Waals surface area contributed by atoms with Crippen LogP contribution in [0.15, 0.2) is 66.9 Å². The standard InChI is InChI=1S/C28H29N5O3.ClH/c1-21(31-13-15-32(16-14-31)24-5-4-6-25-27(24)36-18-17-35-25)20-33(26-7-2-3-12-30-26)28(34)23-10-8-22(19-29)9-11-23;/h2-12,21H,13-18,20H2,1H3;1H/t21-;/m1./s1. The number of ether oxygens (including phenoxy) is 2. The van der Waals surface area contributed by atoms with Crippen molar-refractivity contribution in [3.05, 3.63) is 78.0 Å². The minimum Gasteiger partial charge on any atom is -0.486 e. The first-order chi connectivity index (χ1) is 17.6. The van der Waals surface area contributed by atoms with Gasteiger partial charge in [0.25, 0.3) is 5.91 Å². The molecular weight excluding hydrogens is 490 g/mol. The number of fused-ring (bicyclic) bond motifs is 1. The lowest BCUT2D eigenvalue weighted by atomic mass is 10.1. The molecule has 1 aromatic heterocycles. The van der Waals surface area contributed by atoms with Gasteiger partial charge in [0.15, 0.2) is 11.5 Å². The molecule has 1 fully saturated rings. The van der Waals surface area contributed by atoms with Crippen LogP contribution in [0.5, 0.6) is 11.5 Å². The van der Waals surface area contributed by atoms with Crippen LogP contribution in [0.3, 0.4) is 0 Å². The van der Waals surface area contributed by atoms with E-state index in [2.05, 4.69) is 33.8 Å². The monoisotopic (exact) mass is 519 g/mol. The molecule has 0 N–H and O–H groups in total. The van der Waals surface area contributed by atoms with Crippen LogP contribution >= 0.6 is 12.4 Å². The molecule has 192 valence electrons. The molecule has 0 unspecified atom stereocenters. The van der Waals surface area contributed by atoms with E-state index in [1.54, 1.807) is 35.4 Å².